The molecule has 33 heavy (non-hydrogen) atoms. The smallest absolute Gasteiger partial charge is 0.255 e. The first-order valence-electron chi connectivity index (χ1n) is 12.5. The molecule has 5 rings (SSSR count). The van der Waals surface area contributed by atoms with Gasteiger partial charge < -0.3 is 14.4 Å². The Morgan fingerprint density at radius 2 is 1.82 bits per heavy atom. The van der Waals surface area contributed by atoms with Gasteiger partial charge in [0.05, 0.1) is 19.8 Å². The molecule has 1 N–H and O–H groups in total. The highest BCUT2D eigenvalue weighted by molar-refractivity contribution is 6.05. The quantitative estimate of drug-likeness (QED) is 0.674. The van der Waals surface area contributed by atoms with E-state index in [-0.39, 0.29) is 13.2 Å². The van der Waals surface area contributed by atoms with Crippen LogP contribution >= 0.6 is 0 Å². The van der Waals surface area contributed by atoms with Gasteiger partial charge >= 0.3 is 0 Å². The number of ether oxygens (including phenoxy) is 2. The number of benzene rings is 2. The van der Waals surface area contributed by atoms with Crippen molar-refractivity contribution in [1.82, 2.24) is 15.1 Å². The Labute approximate surface area is 196 Å². The third kappa shape index (κ3) is 4.62. The maximum Gasteiger partial charge on any atom is 0.255 e. The van der Waals surface area contributed by atoms with Crippen LogP contribution in [0, 0.1) is 0 Å². The molecule has 2 fully saturated rings. The molecule has 3 aliphatic heterocycles. The van der Waals surface area contributed by atoms with E-state index in [2.05, 4.69) is 17.0 Å². The van der Waals surface area contributed by atoms with E-state index >= 15 is 0 Å². The number of hydrogen-bond acceptors (Lipinski definition) is 6. The lowest BCUT2D eigenvalue weighted by Crippen LogP contribution is -2.52. The second-order valence-electron chi connectivity index (χ2n) is 8.28. The lowest BCUT2D eigenvalue weighted by molar-refractivity contribution is -0.136. The Balaban J connectivity index is 1.27. The van der Waals surface area contributed by atoms with E-state index in [4.69, 9.17) is 13.6 Å². The predicted molar refractivity (Wildman–Crippen MR) is 119 cm³/mol. The van der Waals surface area contributed by atoms with Gasteiger partial charge in [-0.15, -0.1) is 0 Å². The second kappa shape index (κ2) is 9.33. The number of hydrogen-bond donors (Lipinski definition) is 1. The number of piperidine rings is 1. The molecule has 0 aromatic heterocycles. The fourth-order valence-electron chi connectivity index (χ4n) is 4.29. The maximum atomic E-state index is 13.1. The standard InChI is InChI=1S/C25H27N3O5/c29-23-9-8-21(24(30)26-23)28-15-20-19(25(28)31)2-1-3-22(20)33-16-18-6-4-17(5-7-18)14-27-10-12-32-13-11-27/h1-7,21H,8-16H2,(H,26,29,30)/i8D,9D2. The highest BCUT2D eigenvalue weighted by atomic mass is 16.5. The van der Waals surface area contributed by atoms with Gasteiger partial charge in [-0.05, 0) is 29.7 Å². The maximum absolute atomic E-state index is 13.1. The average Bonchev–Trinajstić information content (AvgIpc) is 3.20. The number of nitrogens with zero attached hydrogens (tertiary/aromatic N) is 2. The third-order valence-corrected chi connectivity index (χ3v) is 6.09. The minimum atomic E-state index is -2.60. The Kier molecular flexibility index (Phi) is 5.15. The van der Waals surface area contributed by atoms with Crippen molar-refractivity contribution in [2.24, 2.45) is 0 Å². The molecule has 2 atom stereocenters. The van der Waals surface area contributed by atoms with Crippen molar-refractivity contribution in [1.29, 1.82) is 0 Å². The van der Waals surface area contributed by atoms with Crippen LogP contribution in [-0.4, -0.2) is 59.9 Å². The van der Waals surface area contributed by atoms with Crippen LogP contribution in [0.15, 0.2) is 42.5 Å². The van der Waals surface area contributed by atoms with E-state index in [0.29, 0.717) is 16.9 Å². The number of nitrogens with one attached hydrogen (secondary N) is 1. The molecule has 0 spiro atoms. The van der Waals surface area contributed by atoms with Gasteiger partial charge in [0.25, 0.3) is 5.91 Å². The van der Waals surface area contributed by atoms with E-state index in [1.165, 1.54) is 5.56 Å². The van der Waals surface area contributed by atoms with Crippen LogP contribution in [0.3, 0.4) is 0 Å². The van der Waals surface area contributed by atoms with E-state index in [1.807, 2.05) is 17.4 Å². The van der Waals surface area contributed by atoms with Crippen LogP contribution in [0.5, 0.6) is 5.75 Å². The zero-order valence-corrected chi connectivity index (χ0v) is 18.1. The summed E-state index contributed by atoms with van der Waals surface area (Å²) in [5, 5.41) is 1.96. The minimum Gasteiger partial charge on any atom is -0.489 e. The monoisotopic (exact) mass is 452 g/mol. The van der Waals surface area contributed by atoms with Crippen LogP contribution < -0.4 is 10.1 Å². The summed E-state index contributed by atoms with van der Waals surface area (Å²) in [5.74, 6) is -2.02. The van der Waals surface area contributed by atoms with Crippen LogP contribution in [-0.2, 0) is 34.0 Å². The highest BCUT2D eigenvalue weighted by Gasteiger charge is 2.40. The molecule has 8 heteroatoms. The third-order valence-electron chi connectivity index (χ3n) is 6.09. The van der Waals surface area contributed by atoms with Crippen molar-refractivity contribution in [3.05, 3.63) is 64.7 Å². The van der Waals surface area contributed by atoms with Crippen molar-refractivity contribution in [2.75, 3.05) is 26.3 Å². The molecule has 3 heterocycles. The zero-order chi connectivity index (χ0) is 25.4. The van der Waals surface area contributed by atoms with Gasteiger partial charge in [-0.25, -0.2) is 0 Å². The summed E-state index contributed by atoms with van der Waals surface area (Å²) in [6.07, 6.45) is -4.33. The summed E-state index contributed by atoms with van der Waals surface area (Å²) in [7, 11) is 0. The molecule has 2 unspecified atom stereocenters. The second-order valence-corrected chi connectivity index (χ2v) is 8.28. The number of fused-ring (bicyclic) bond motifs is 1. The molecule has 8 nitrogen and oxygen atoms in total. The van der Waals surface area contributed by atoms with Crippen molar-refractivity contribution < 1.29 is 28.0 Å². The summed E-state index contributed by atoms with van der Waals surface area (Å²) >= 11 is 0. The van der Waals surface area contributed by atoms with Gasteiger partial charge in [0.2, 0.25) is 11.8 Å². The molecule has 3 aliphatic rings. The molecule has 0 radical (unpaired) electrons. The van der Waals surface area contributed by atoms with Gasteiger partial charge in [-0.2, -0.15) is 0 Å². The van der Waals surface area contributed by atoms with Gasteiger partial charge in [0, 0.05) is 41.2 Å². The molecule has 0 aliphatic carbocycles. The summed E-state index contributed by atoms with van der Waals surface area (Å²) < 4.78 is 35.4. The normalized spacial score (nSPS) is 26.2. The first-order chi connectivity index (χ1) is 17.3. The van der Waals surface area contributed by atoms with Crippen molar-refractivity contribution in [3.63, 3.8) is 0 Å². The molecule has 2 aromatic rings. The molecule has 0 saturated carbocycles. The fraction of sp³-hybridized carbons (Fsp3) is 0.400. The Bertz CT molecular complexity index is 1180. The van der Waals surface area contributed by atoms with Crippen LogP contribution in [0.25, 0.3) is 0 Å². The van der Waals surface area contributed by atoms with Gasteiger partial charge in [-0.1, -0.05) is 30.3 Å². The first-order valence-corrected chi connectivity index (χ1v) is 11.0. The van der Waals surface area contributed by atoms with E-state index < -0.39 is 36.5 Å². The number of imide groups is 1. The molecule has 2 aromatic carbocycles. The number of amides is 3. The Morgan fingerprint density at radius 3 is 2.61 bits per heavy atom. The molecular formula is C25H27N3O5. The Morgan fingerprint density at radius 1 is 1.06 bits per heavy atom. The van der Waals surface area contributed by atoms with Crippen LogP contribution in [0.2, 0.25) is 0 Å². The van der Waals surface area contributed by atoms with Crippen molar-refractivity contribution >= 4 is 17.7 Å². The van der Waals surface area contributed by atoms with E-state index in [9.17, 15) is 14.4 Å². The lowest BCUT2D eigenvalue weighted by atomic mass is 10.0. The van der Waals surface area contributed by atoms with Crippen LogP contribution in [0.1, 0.15) is 43.9 Å². The van der Waals surface area contributed by atoms with Crippen molar-refractivity contribution in [3.8, 4) is 5.75 Å². The van der Waals surface area contributed by atoms with Gasteiger partial charge in [0.1, 0.15) is 18.4 Å². The average molecular weight is 453 g/mol. The lowest BCUT2D eigenvalue weighted by Gasteiger charge is -2.29. The fourth-order valence-corrected chi connectivity index (χ4v) is 4.29. The van der Waals surface area contributed by atoms with Gasteiger partial charge in [-0.3, -0.25) is 24.6 Å². The summed E-state index contributed by atoms with van der Waals surface area (Å²) in [6, 6.07) is 11.8. The number of carbonyl (C=O) groups is 3. The highest BCUT2D eigenvalue weighted by Crippen LogP contribution is 2.34. The molecule has 3 amide bonds. The minimum absolute atomic E-state index is 0.0133. The number of morpholine rings is 1. The van der Waals surface area contributed by atoms with Crippen molar-refractivity contribution in [2.45, 2.75) is 38.5 Å². The summed E-state index contributed by atoms with van der Waals surface area (Å²) in [6.45, 7) is 4.49. The van der Waals surface area contributed by atoms with Crippen LogP contribution in [0.4, 0.5) is 0 Å². The SMILES string of the molecule is [2H]C1C(N2Cc3c(OCc4ccc(CN5CCOCC5)cc4)cccc3C2=O)C(=O)NC(=O)C1([2H])[2H]. The van der Waals surface area contributed by atoms with Gasteiger partial charge in [0.15, 0.2) is 0 Å². The largest absolute Gasteiger partial charge is 0.489 e. The number of carbonyl (C=O) groups excluding carboxylic acids is 3. The Hall–Kier alpha value is -3.23. The predicted octanol–water partition coefficient (Wildman–Crippen LogP) is 1.86. The number of rotatable bonds is 6. The summed E-state index contributed by atoms with van der Waals surface area (Å²) in [4.78, 5) is 40.9. The molecular weight excluding hydrogens is 422 g/mol. The topological polar surface area (TPSA) is 88.2 Å². The van der Waals surface area contributed by atoms with E-state index in [1.54, 1.807) is 18.2 Å². The molecule has 0 bridgehead atoms. The molecule has 2 saturated heterocycles. The van der Waals surface area contributed by atoms with E-state index in [0.717, 1.165) is 43.3 Å². The molecule has 172 valence electrons. The zero-order valence-electron chi connectivity index (χ0n) is 21.1. The first kappa shape index (κ1) is 18.2. The summed E-state index contributed by atoms with van der Waals surface area (Å²) in [5.41, 5.74) is 3.08.